The zero-order valence-electron chi connectivity index (χ0n) is 23.6. The summed E-state index contributed by atoms with van der Waals surface area (Å²) < 4.78 is 60.1. The van der Waals surface area contributed by atoms with Crippen molar-refractivity contribution in [2.45, 2.75) is 38.0 Å². The first-order chi connectivity index (χ1) is 20.0. The highest BCUT2D eigenvalue weighted by Crippen LogP contribution is 2.45. The molecule has 0 spiro atoms. The van der Waals surface area contributed by atoms with Gasteiger partial charge in [0.05, 0.1) is 17.5 Å². The summed E-state index contributed by atoms with van der Waals surface area (Å²) in [6.45, 7) is 0. The van der Waals surface area contributed by atoms with Crippen LogP contribution >= 0.6 is 0 Å². The van der Waals surface area contributed by atoms with Gasteiger partial charge in [-0.1, -0.05) is 18.6 Å². The average molecular weight is 595 g/mol. The maximum atomic E-state index is 13.7. The number of benzene rings is 3. The Morgan fingerprint density at radius 2 is 1.76 bits per heavy atom. The zero-order chi connectivity index (χ0) is 30.2. The number of ketones is 1. The number of halogens is 2. The smallest absolute Gasteiger partial charge is 0.255 e. The van der Waals surface area contributed by atoms with Gasteiger partial charge in [-0.3, -0.25) is 13.9 Å². The molecule has 1 unspecified atom stereocenters. The standard InChI is InChI=1S/C32H32F2N2O5S/c1-35-32(38)30-26-17-25(21-7-5-8-22(16-21)28(37)15-19-6-4-9-24(34)14-19)27(36(2)42(3,39)40)18-29(26)41-31(30)20-10-12-23(33)13-11-20/h4,6,9-14,17-18,21-22H,5,7-8,15-16H2,1-3H3,(H,35,38)/t21-,22?/m1/s1. The van der Waals surface area contributed by atoms with Gasteiger partial charge in [0, 0.05) is 43.5 Å². The Balaban J connectivity index is 1.60. The van der Waals surface area contributed by atoms with Crippen molar-refractivity contribution in [3.8, 4) is 11.3 Å². The largest absolute Gasteiger partial charge is 0.455 e. The number of anilines is 1. The Hall–Kier alpha value is -4.05. The summed E-state index contributed by atoms with van der Waals surface area (Å²) in [5, 5.41) is 3.13. The fourth-order valence-electron chi connectivity index (χ4n) is 5.84. The second-order valence-corrected chi connectivity index (χ2v) is 12.9. The molecule has 0 aliphatic heterocycles. The molecule has 1 N–H and O–H groups in total. The number of nitrogens with one attached hydrogen (secondary N) is 1. The highest BCUT2D eigenvalue weighted by Gasteiger charge is 2.32. The minimum absolute atomic E-state index is 0.0114. The number of Topliss-reactive ketones (excluding diaryl/α,β-unsaturated/α-hetero) is 1. The van der Waals surface area contributed by atoms with E-state index in [1.807, 2.05) is 0 Å². The highest BCUT2D eigenvalue weighted by atomic mass is 32.2. The van der Waals surface area contributed by atoms with Crippen molar-refractivity contribution < 1.29 is 31.2 Å². The zero-order valence-corrected chi connectivity index (χ0v) is 24.4. The normalized spacial score (nSPS) is 17.3. The van der Waals surface area contributed by atoms with Crippen LogP contribution < -0.4 is 9.62 Å². The molecule has 0 radical (unpaired) electrons. The third kappa shape index (κ3) is 5.94. The van der Waals surface area contributed by atoms with Crippen LogP contribution in [0.4, 0.5) is 14.5 Å². The van der Waals surface area contributed by atoms with Crippen LogP contribution in [-0.2, 0) is 21.2 Å². The number of hydrogen-bond acceptors (Lipinski definition) is 5. The van der Waals surface area contributed by atoms with Crippen LogP contribution in [0.3, 0.4) is 0 Å². The summed E-state index contributed by atoms with van der Waals surface area (Å²) in [7, 11) is -0.718. The summed E-state index contributed by atoms with van der Waals surface area (Å²) in [5.74, 6) is -1.44. The number of fused-ring (bicyclic) bond motifs is 1. The van der Waals surface area contributed by atoms with E-state index in [4.69, 9.17) is 4.42 Å². The Bertz CT molecular complexity index is 1770. The van der Waals surface area contributed by atoms with Gasteiger partial charge in [-0.25, -0.2) is 17.2 Å². The van der Waals surface area contributed by atoms with Crippen LogP contribution in [0.5, 0.6) is 0 Å². The van der Waals surface area contributed by atoms with Crippen molar-refractivity contribution in [3.05, 3.63) is 89.0 Å². The lowest BCUT2D eigenvalue weighted by molar-refractivity contribution is -0.123. The Morgan fingerprint density at radius 1 is 1.02 bits per heavy atom. The fraction of sp³-hybridized carbons (Fsp3) is 0.312. The SMILES string of the molecule is CNC(=O)c1c(-c2ccc(F)cc2)oc2cc(N(C)S(C)(=O)=O)c([C@@H]3CCCC(C(=O)Cc4cccc(F)c4)C3)cc12. The van der Waals surface area contributed by atoms with Gasteiger partial charge < -0.3 is 9.73 Å². The van der Waals surface area contributed by atoms with E-state index in [2.05, 4.69) is 5.32 Å². The Labute approximate surface area is 243 Å². The van der Waals surface area contributed by atoms with E-state index in [9.17, 15) is 26.8 Å². The van der Waals surface area contributed by atoms with E-state index in [0.29, 0.717) is 46.2 Å². The molecule has 1 fully saturated rings. The van der Waals surface area contributed by atoms with E-state index in [1.54, 1.807) is 24.3 Å². The van der Waals surface area contributed by atoms with E-state index in [-0.39, 0.29) is 35.4 Å². The molecule has 220 valence electrons. The topological polar surface area (TPSA) is 96.7 Å². The molecule has 1 amide bonds. The van der Waals surface area contributed by atoms with Gasteiger partial charge in [-0.05, 0) is 78.8 Å². The van der Waals surface area contributed by atoms with Gasteiger partial charge in [0.15, 0.2) is 0 Å². The predicted octanol–water partition coefficient (Wildman–Crippen LogP) is 6.22. The lowest BCUT2D eigenvalue weighted by Gasteiger charge is -2.31. The van der Waals surface area contributed by atoms with Crippen LogP contribution in [-0.4, -0.2) is 40.5 Å². The Morgan fingerprint density at radius 3 is 2.43 bits per heavy atom. The summed E-state index contributed by atoms with van der Waals surface area (Å²) in [5.41, 5.74) is 2.75. The first kappa shape index (κ1) is 29.4. The predicted molar refractivity (Wildman–Crippen MR) is 158 cm³/mol. The molecular formula is C32H32F2N2O5S. The third-order valence-electron chi connectivity index (χ3n) is 8.07. The average Bonchev–Trinajstić information content (AvgIpc) is 3.34. The highest BCUT2D eigenvalue weighted by molar-refractivity contribution is 7.92. The third-order valence-corrected chi connectivity index (χ3v) is 9.26. The molecule has 1 heterocycles. The van der Waals surface area contributed by atoms with Gasteiger partial charge >= 0.3 is 0 Å². The number of rotatable bonds is 8. The number of furan rings is 1. The van der Waals surface area contributed by atoms with Crippen molar-refractivity contribution in [2.24, 2.45) is 5.92 Å². The van der Waals surface area contributed by atoms with Crippen molar-refractivity contribution >= 4 is 38.4 Å². The number of nitrogens with zero attached hydrogens (tertiary/aromatic N) is 1. The van der Waals surface area contributed by atoms with Crippen molar-refractivity contribution in [1.29, 1.82) is 0 Å². The minimum Gasteiger partial charge on any atom is -0.455 e. The van der Waals surface area contributed by atoms with Crippen LogP contribution in [0.25, 0.3) is 22.3 Å². The summed E-state index contributed by atoms with van der Waals surface area (Å²) in [4.78, 5) is 26.4. The molecule has 1 aliphatic carbocycles. The molecule has 42 heavy (non-hydrogen) atoms. The second kappa shape index (κ2) is 11.7. The van der Waals surface area contributed by atoms with E-state index in [1.165, 1.54) is 54.8 Å². The summed E-state index contributed by atoms with van der Waals surface area (Å²) in [6, 6.07) is 15.0. The quantitative estimate of drug-likeness (QED) is 0.261. The van der Waals surface area contributed by atoms with Gasteiger partial charge in [0.1, 0.15) is 28.8 Å². The molecule has 2 atom stereocenters. The summed E-state index contributed by atoms with van der Waals surface area (Å²) in [6.07, 6.45) is 3.87. The molecule has 1 aliphatic rings. The molecule has 3 aromatic carbocycles. The van der Waals surface area contributed by atoms with Crippen molar-refractivity contribution in [3.63, 3.8) is 0 Å². The molecular weight excluding hydrogens is 562 g/mol. The molecule has 4 aromatic rings. The van der Waals surface area contributed by atoms with E-state index in [0.717, 1.165) is 19.1 Å². The monoisotopic (exact) mass is 594 g/mol. The maximum Gasteiger partial charge on any atom is 0.255 e. The number of hydrogen-bond donors (Lipinski definition) is 1. The fourth-order valence-corrected chi connectivity index (χ4v) is 6.35. The molecule has 10 heteroatoms. The number of amides is 1. The molecule has 0 saturated heterocycles. The Kier molecular flexibility index (Phi) is 8.19. The van der Waals surface area contributed by atoms with Gasteiger partial charge in [0.25, 0.3) is 5.91 Å². The summed E-state index contributed by atoms with van der Waals surface area (Å²) >= 11 is 0. The van der Waals surface area contributed by atoms with Crippen molar-refractivity contribution in [2.75, 3.05) is 24.7 Å². The molecule has 1 saturated carbocycles. The van der Waals surface area contributed by atoms with Crippen LogP contribution in [0.2, 0.25) is 0 Å². The number of carbonyl (C=O) groups is 2. The molecule has 7 nitrogen and oxygen atoms in total. The number of carbonyl (C=O) groups excluding carboxylic acids is 2. The lowest BCUT2D eigenvalue weighted by atomic mass is 9.75. The van der Waals surface area contributed by atoms with Crippen LogP contribution in [0.1, 0.15) is 53.1 Å². The second-order valence-electron chi connectivity index (χ2n) is 10.9. The minimum atomic E-state index is -3.67. The van der Waals surface area contributed by atoms with Gasteiger partial charge in [-0.2, -0.15) is 0 Å². The van der Waals surface area contributed by atoms with E-state index >= 15 is 0 Å². The molecule has 0 bridgehead atoms. The van der Waals surface area contributed by atoms with Gasteiger partial charge in [-0.15, -0.1) is 0 Å². The van der Waals surface area contributed by atoms with Gasteiger partial charge in [0.2, 0.25) is 10.0 Å². The van der Waals surface area contributed by atoms with Crippen molar-refractivity contribution in [1.82, 2.24) is 5.32 Å². The first-order valence-corrected chi connectivity index (χ1v) is 15.6. The van der Waals surface area contributed by atoms with Crippen LogP contribution in [0.15, 0.2) is 65.1 Å². The molecule has 5 rings (SSSR count). The maximum absolute atomic E-state index is 13.7. The lowest BCUT2D eigenvalue weighted by Crippen LogP contribution is -2.28. The van der Waals surface area contributed by atoms with E-state index < -0.39 is 27.6 Å². The number of sulfonamides is 1. The first-order valence-electron chi connectivity index (χ1n) is 13.8. The van der Waals surface area contributed by atoms with Crippen LogP contribution in [0, 0.1) is 17.6 Å². The molecule has 1 aromatic heterocycles.